The van der Waals surface area contributed by atoms with Gasteiger partial charge in [0.25, 0.3) is 0 Å². The van der Waals surface area contributed by atoms with Crippen LogP contribution in [0.25, 0.3) is 0 Å². The van der Waals surface area contributed by atoms with Gasteiger partial charge in [0.2, 0.25) is 0 Å². The van der Waals surface area contributed by atoms with Crippen LogP contribution in [0.5, 0.6) is 0 Å². The summed E-state index contributed by atoms with van der Waals surface area (Å²) in [5, 5.41) is 8.79. The molecular weight excluding hydrogens is 254 g/mol. The molecule has 0 aromatic heterocycles. The highest BCUT2D eigenvalue weighted by molar-refractivity contribution is 9.10. The van der Waals surface area contributed by atoms with Crippen molar-refractivity contribution in [1.82, 2.24) is 4.90 Å². The van der Waals surface area contributed by atoms with Crippen molar-refractivity contribution < 1.29 is 5.11 Å². The summed E-state index contributed by atoms with van der Waals surface area (Å²) in [6, 6.07) is 8.36. The van der Waals surface area contributed by atoms with Gasteiger partial charge in [-0.1, -0.05) is 35.0 Å². The molecule has 1 N–H and O–H groups in total. The number of nitrogens with zero attached hydrogens (tertiary/aromatic N) is 1. The van der Waals surface area contributed by atoms with Gasteiger partial charge in [-0.2, -0.15) is 0 Å². The first-order chi connectivity index (χ1) is 7.26. The summed E-state index contributed by atoms with van der Waals surface area (Å²) >= 11 is 3.47. The van der Waals surface area contributed by atoms with E-state index in [1.54, 1.807) is 0 Å². The Morgan fingerprint density at radius 2 is 2.20 bits per heavy atom. The molecule has 0 unspecified atom stereocenters. The lowest BCUT2D eigenvalue weighted by atomic mass is 10.2. The van der Waals surface area contributed by atoms with Crippen LogP contribution in [0.4, 0.5) is 0 Å². The number of aliphatic hydroxyl groups is 1. The highest BCUT2D eigenvalue weighted by Crippen LogP contribution is 2.13. The molecule has 0 heterocycles. The molecular formula is C12H18BrNO. The van der Waals surface area contributed by atoms with Crippen LogP contribution in [0, 0.1) is 0 Å². The molecule has 0 spiro atoms. The summed E-state index contributed by atoms with van der Waals surface area (Å²) in [6.45, 7) is 5.35. The van der Waals surface area contributed by atoms with E-state index in [2.05, 4.69) is 46.0 Å². The zero-order valence-corrected chi connectivity index (χ0v) is 10.7. The van der Waals surface area contributed by atoms with Gasteiger partial charge in [-0.05, 0) is 30.7 Å². The fourth-order valence-electron chi connectivity index (χ4n) is 1.54. The summed E-state index contributed by atoms with van der Waals surface area (Å²) in [7, 11) is 0. The van der Waals surface area contributed by atoms with Crippen molar-refractivity contribution in [2.45, 2.75) is 19.9 Å². The zero-order chi connectivity index (χ0) is 11.1. The summed E-state index contributed by atoms with van der Waals surface area (Å²) in [6.07, 6.45) is 0.849. The molecule has 0 saturated heterocycles. The molecule has 15 heavy (non-hydrogen) atoms. The predicted molar refractivity (Wildman–Crippen MR) is 66.8 cm³/mol. The summed E-state index contributed by atoms with van der Waals surface area (Å²) in [4.78, 5) is 2.33. The van der Waals surface area contributed by atoms with Gasteiger partial charge < -0.3 is 5.11 Å². The SMILES string of the molecule is CCN(CCCO)Cc1cccc(Br)c1. The molecule has 0 radical (unpaired) electrons. The van der Waals surface area contributed by atoms with Crippen LogP contribution in [-0.4, -0.2) is 29.7 Å². The van der Waals surface area contributed by atoms with Gasteiger partial charge in [-0.15, -0.1) is 0 Å². The molecule has 0 amide bonds. The van der Waals surface area contributed by atoms with Gasteiger partial charge in [-0.3, -0.25) is 4.90 Å². The Morgan fingerprint density at radius 1 is 1.40 bits per heavy atom. The van der Waals surface area contributed by atoms with Gasteiger partial charge in [0.05, 0.1) is 0 Å². The van der Waals surface area contributed by atoms with Crippen LogP contribution in [0.1, 0.15) is 18.9 Å². The van der Waals surface area contributed by atoms with E-state index in [0.717, 1.165) is 30.5 Å². The Balaban J connectivity index is 2.50. The minimum absolute atomic E-state index is 0.273. The van der Waals surface area contributed by atoms with Crippen LogP contribution < -0.4 is 0 Å². The first-order valence-electron chi connectivity index (χ1n) is 5.34. The number of hydrogen-bond donors (Lipinski definition) is 1. The van der Waals surface area contributed by atoms with Gasteiger partial charge >= 0.3 is 0 Å². The molecule has 1 aromatic carbocycles. The maximum absolute atomic E-state index is 8.79. The van der Waals surface area contributed by atoms with Crippen molar-refractivity contribution in [1.29, 1.82) is 0 Å². The van der Waals surface area contributed by atoms with Crippen LogP contribution in [0.15, 0.2) is 28.7 Å². The average Bonchev–Trinajstić information content (AvgIpc) is 2.24. The molecule has 2 nitrogen and oxygen atoms in total. The highest BCUT2D eigenvalue weighted by atomic mass is 79.9. The Kier molecular flexibility index (Phi) is 5.91. The van der Waals surface area contributed by atoms with Crippen molar-refractivity contribution in [3.63, 3.8) is 0 Å². The quantitative estimate of drug-likeness (QED) is 0.860. The summed E-state index contributed by atoms with van der Waals surface area (Å²) in [5.41, 5.74) is 1.31. The topological polar surface area (TPSA) is 23.5 Å². The minimum Gasteiger partial charge on any atom is -0.396 e. The number of benzene rings is 1. The van der Waals surface area contributed by atoms with E-state index in [-0.39, 0.29) is 6.61 Å². The van der Waals surface area contributed by atoms with Gasteiger partial charge in [-0.25, -0.2) is 0 Å². The normalized spacial score (nSPS) is 10.9. The second kappa shape index (κ2) is 6.99. The zero-order valence-electron chi connectivity index (χ0n) is 9.12. The molecule has 84 valence electrons. The van der Waals surface area contributed by atoms with Crippen molar-refractivity contribution in [2.24, 2.45) is 0 Å². The number of aliphatic hydroxyl groups excluding tert-OH is 1. The number of rotatable bonds is 6. The average molecular weight is 272 g/mol. The Morgan fingerprint density at radius 3 is 2.80 bits per heavy atom. The van der Waals surface area contributed by atoms with E-state index in [9.17, 15) is 0 Å². The monoisotopic (exact) mass is 271 g/mol. The standard InChI is InChI=1S/C12H18BrNO/c1-2-14(7-4-8-15)10-11-5-3-6-12(13)9-11/h3,5-6,9,15H,2,4,7-8,10H2,1H3. The van der Waals surface area contributed by atoms with E-state index in [1.807, 2.05) is 6.07 Å². The number of hydrogen-bond acceptors (Lipinski definition) is 2. The lowest BCUT2D eigenvalue weighted by molar-refractivity contribution is 0.225. The Hall–Kier alpha value is -0.380. The van der Waals surface area contributed by atoms with E-state index < -0.39 is 0 Å². The third-order valence-corrected chi connectivity index (χ3v) is 2.87. The van der Waals surface area contributed by atoms with E-state index in [1.165, 1.54) is 5.56 Å². The maximum Gasteiger partial charge on any atom is 0.0443 e. The van der Waals surface area contributed by atoms with E-state index >= 15 is 0 Å². The third-order valence-electron chi connectivity index (χ3n) is 2.37. The molecule has 0 saturated carbocycles. The lowest BCUT2D eigenvalue weighted by Gasteiger charge is -2.19. The van der Waals surface area contributed by atoms with Crippen LogP contribution >= 0.6 is 15.9 Å². The molecule has 0 aliphatic carbocycles. The maximum atomic E-state index is 8.79. The van der Waals surface area contributed by atoms with Gasteiger partial charge in [0.1, 0.15) is 0 Å². The first kappa shape index (κ1) is 12.7. The van der Waals surface area contributed by atoms with E-state index in [4.69, 9.17) is 5.11 Å². The summed E-state index contributed by atoms with van der Waals surface area (Å²) in [5.74, 6) is 0. The third kappa shape index (κ3) is 4.78. The number of halogens is 1. The Labute approximate surface area is 100 Å². The largest absolute Gasteiger partial charge is 0.396 e. The predicted octanol–water partition coefficient (Wildman–Crippen LogP) is 2.65. The Bertz CT molecular complexity index is 291. The first-order valence-corrected chi connectivity index (χ1v) is 6.13. The minimum atomic E-state index is 0.273. The van der Waals surface area contributed by atoms with Crippen LogP contribution in [0.2, 0.25) is 0 Å². The van der Waals surface area contributed by atoms with Crippen molar-refractivity contribution in [3.05, 3.63) is 34.3 Å². The molecule has 0 bridgehead atoms. The van der Waals surface area contributed by atoms with E-state index in [0.29, 0.717) is 0 Å². The lowest BCUT2D eigenvalue weighted by Crippen LogP contribution is -2.24. The van der Waals surface area contributed by atoms with Crippen molar-refractivity contribution >= 4 is 15.9 Å². The van der Waals surface area contributed by atoms with Crippen LogP contribution in [0.3, 0.4) is 0 Å². The second-order valence-electron chi connectivity index (χ2n) is 3.58. The molecule has 0 atom stereocenters. The summed E-state index contributed by atoms with van der Waals surface area (Å²) < 4.78 is 1.12. The molecule has 3 heteroatoms. The fraction of sp³-hybridized carbons (Fsp3) is 0.500. The molecule has 0 fully saturated rings. The molecule has 1 rings (SSSR count). The molecule has 0 aliphatic rings. The van der Waals surface area contributed by atoms with Crippen LogP contribution in [-0.2, 0) is 6.54 Å². The van der Waals surface area contributed by atoms with Crippen molar-refractivity contribution in [3.8, 4) is 0 Å². The van der Waals surface area contributed by atoms with Crippen molar-refractivity contribution in [2.75, 3.05) is 19.7 Å². The van der Waals surface area contributed by atoms with Gasteiger partial charge in [0, 0.05) is 24.2 Å². The molecule has 0 aliphatic heterocycles. The fourth-order valence-corrected chi connectivity index (χ4v) is 1.98. The molecule has 1 aromatic rings. The second-order valence-corrected chi connectivity index (χ2v) is 4.49. The van der Waals surface area contributed by atoms with Gasteiger partial charge in [0.15, 0.2) is 0 Å². The highest BCUT2D eigenvalue weighted by Gasteiger charge is 2.03. The smallest absolute Gasteiger partial charge is 0.0443 e.